The summed E-state index contributed by atoms with van der Waals surface area (Å²) in [5.41, 5.74) is 0. The van der Waals surface area contributed by atoms with E-state index in [4.69, 9.17) is 0 Å². The molecule has 136 valence electrons. The smallest absolute Gasteiger partial charge is 0.224 e. The van der Waals surface area contributed by atoms with Crippen molar-refractivity contribution in [2.75, 3.05) is 26.7 Å². The van der Waals surface area contributed by atoms with Crippen molar-refractivity contribution in [2.45, 2.75) is 65.3 Å². The molecule has 0 aromatic carbocycles. The van der Waals surface area contributed by atoms with Crippen molar-refractivity contribution in [3.05, 3.63) is 0 Å². The topological polar surface area (TPSA) is 56.7 Å². The van der Waals surface area contributed by atoms with Gasteiger partial charge in [-0.15, -0.1) is 24.0 Å². The fourth-order valence-electron chi connectivity index (χ4n) is 2.94. The number of guanidine groups is 1. The first-order valence-electron chi connectivity index (χ1n) is 8.86. The number of hydrogen-bond acceptors (Lipinski definition) is 2. The van der Waals surface area contributed by atoms with Crippen LogP contribution in [0, 0.1) is 5.92 Å². The Bertz CT molecular complexity index is 359. The van der Waals surface area contributed by atoms with Gasteiger partial charge in [0, 0.05) is 39.1 Å². The molecule has 5 nitrogen and oxygen atoms in total. The Balaban J connectivity index is 0.00000484. The number of likely N-dealkylation sites (tertiary alicyclic amines) is 1. The lowest BCUT2D eigenvalue weighted by Gasteiger charge is -2.33. The minimum Gasteiger partial charge on any atom is -0.356 e. The maximum absolute atomic E-state index is 12.3. The summed E-state index contributed by atoms with van der Waals surface area (Å²) in [6.07, 6.45) is 6.41. The van der Waals surface area contributed by atoms with Crippen LogP contribution in [-0.2, 0) is 4.79 Å². The highest BCUT2D eigenvalue weighted by Crippen LogP contribution is 2.16. The molecule has 0 spiro atoms. The van der Waals surface area contributed by atoms with Gasteiger partial charge in [0.1, 0.15) is 0 Å². The summed E-state index contributed by atoms with van der Waals surface area (Å²) in [4.78, 5) is 18.5. The summed E-state index contributed by atoms with van der Waals surface area (Å²) in [6, 6.07) is 0.397. The van der Waals surface area contributed by atoms with Gasteiger partial charge in [0.25, 0.3) is 0 Å². The minimum absolute atomic E-state index is 0. The lowest BCUT2D eigenvalue weighted by atomic mass is 10.0. The van der Waals surface area contributed by atoms with Crippen LogP contribution < -0.4 is 10.6 Å². The second kappa shape index (κ2) is 12.8. The van der Waals surface area contributed by atoms with E-state index in [1.807, 2.05) is 4.90 Å². The van der Waals surface area contributed by atoms with Crippen LogP contribution in [0.4, 0.5) is 0 Å². The SMILES string of the molecule is CCC(CC)CNC(=NC)NCCC(=O)N1CCCCC1C.I. The molecular formula is C17H35IN4O. The average Bonchev–Trinajstić information content (AvgIpc) is 2.54. The number of carbonyl (C=O) groups is 1. The van der Waals surface area contributed by atoms with Crippen LogP contribution in [-0.4, -0.2) is 49.5 Å². The van der Waals surface area contributed by atoms with Gasteiger partial charge < -0.3 is 15.5 Å². The number of amides is 1. The van der Waals surface area contributed by atoms with Gasteiger partial charge in [0.05, 0.1) is 0 Å². The number of rotatable bonds is 7. The number of aliphatic imine (C=N–C) groups is 1. The molecule has 23 heavy (non-hydrogen) atoms. The first-order valence-corrected chi connectivity index (χ1v) is 8.86. The maximum Gasteiger partial charge on any atom is 0.224 e. The Morgan fingerprint density at radius 2 is 1.96 bits per heavy atom. The standard InChI is InChI=1S/C17H34N4O.HI/c1-5-15(6-2)13-20-17(18-4)19-11-10-16(22)21-12-8-7-9-14(21)3;/h14-15H,5-13H2,1-4H3,(H2,18,19,20);1H. The number of hydrogen-bond donors (Lipinski definition) is 2. The predicted octanol–water partition coefficient (Wildman–Crippen LogP) is 3.00. The van der Waals surface area contributed by atoms with Crippen LogP contribution in [0.2, 0.25) is 0 Å². The molecule has 1 unspecified atom stereocenters. The normalized spacial score (nSPS) is 18.6. The number of halogens is 1. The van der Waals surface area contributed by atoms with E-state index in [-0.39, 0.29) is 29.9 Å². The predicted molar refractivity (Wildman–Crippen MR) is 108 cm³/mol. The number of carbonyl (C=O) groups excluding carboxylic acids is 1. The van der Waals surface area contributed by atoms with Crippen molar-refractivity contribution in [1.29, 1.82) is 0 Å². The largest absolute Gasteiger partial charge is 0.356 e. The van der Waals surface area contributed by atoms with E-state index >= 15 is 0 Å². The molecule has 0 aromatic heterocycles. The molecule has 0 bridgehead atoms. The van der Waals surface area contributed by atoms with Gasteiger partial charge in [0.2, 0.25) is 5.91 Å². The third-order valence-corrected chi connectivity index (χ3v) is 4.69. The molecule has 1 aliphatic rings. The Hall–Kier alpha value is -0.530. The van der Waals surface area contributed by atoms with Crippen LogP contribution in [0.1, 0.15) is 59.3 Å². The molecule has 0 aromatic rings. The van der Waals surface area contributed by atoms with Crippen LogP contribution >= 0.6 is 24.0 Å². The van der Waals surface area contributed by atoms with Gasteiger partial charge in [-0.25, -0.2) is 0 Å². The summed E-state index contributed by atoms with van der Waals surface area (Å²) in [5.74, 6) is 1.73. The fourth-order valence-corrected chi connectivity index (χ4v) is 2.94. The van der Waals surface area contributed by atoms with Crippen molar-refractivity contribution in [3.8, 4) is 0 Å². The van der Waals surface area contributed by atoms with E-state index in [2.05, 4.69) is 36.4 Å². The summed E-state index contributed by atoms with van der Waals surface area (Å²) >= 11 is 0. The summed E-state index contributed by atoms with van der Waals surface area (Å²) in [7, 11) is 1.77. The van der Waals surface area contributed by atoms with Crippen LogP contribution in [0.15, 0.2) is 4.99 Å². The van der Waals surface area contributed by atoms with Gasteiger partial charge in [-0.1, -0.05) is 26.7 Å². The molecule has 0 saturated carbocycles. The van der Waals surface area contributed by atoms with Crippen LogP contribution in [0.5, 0.6) is 0 Å². The summed E-state index contributed by atoms with van der Waals surface area (Å²) < 4.78 is 0. The van der Waals surface area contributed by atoms with E-state index < -0.39 is 0 Å². The summed E-state index contributed by atoms with van der Waals surface area (Å²) in [5, 5.41) is 6.60. The molecule has 1 heterocycles. The third-order valence-electron chi connectivity index (χ3n) is 4.69. The van der Waals surface area contributed by atoms with E-state index in [1.54, 1.807) is 7.05 Å². The van der Waals surface area contributed by atoms with E-state index in [0.717, 1.165) is 31.9 Å². The number of nitrogens with one attached hydrogen (secondary N) is 2. The molecule has 0 aliphatic carbocycles. The van der Waals surface area contributed by atoms with Crippen LogP contribution in [0.25, 0.3) is 0 Å². The van der Waals surface area contributed by atoms with E-state index in [9.17, 15) is 4.79 Å². The molecule has 0 radical (unpaired) electrons. The van der Waals surface area contributed by atoms with Gasteiger partial charge >= 0.3 is 0 Å². The molecule has 1 amide bonds. The molecule has 1 rings (SSSR count). The van der Waals surface area contributed by atoms with E-state index in [1.165, 1.54) is 19.3 Å². The third kappa shape index (κ3) is 8.22. The van der Waals surface area contributed by atoms with Crippen LogP contribution in [0.3, 0.4) is 0 Å². The molecule has 1 atom stereocenters. The molecule has 1 fully saturated rings. The zero-order valence-corrected chi connectivity index (χ0v) is 17.6. The van der Waals surface area contributed by atoms with Gasteiger partial charge in [-0.2, -0.15) is 0 Å². The Morgan fingerprint density at radius 1 is 1.26 bits per heavy atom. The highest BCUT2D eigenvalue weighted by molar-refractivity contribution is 14.0. The first kappa shape index (κ1) is 22.5. The first-order chi connectivity index (χ1) is 10.6. The van der Waals surface area contributed by atoms with Gasteiger partial charge in [-0.05, 0) is 32.1 Å². The lowest BCUT2D eigenvalue weighted by Crippen LogP contribution is -2.44. The Labute approximate surface area is 159 Å². The summed E-state index contributed by atoms with van der Waals surface area (Å²) in [6.45, 7) is 9.08. The lowest BCUT2D eigenvalue weighted by molar-refractivity contribution is -0.134. The molecule has 1 aliphatic heterocycles. The zero-order chi connectivity index (χ0) is 16.4. The average molecular weight is 438 g/mol. The van der Waals surface area contributed by atoms with Crippen molar-refractivity contribution in [2.24, 2.45) is 10.9 Å². The zero-order valence-electron chi connectivity index (χ0n) is 15.2. The second-order valence-corrected chi connectivity index (χ2v) is 6.24. The quantitative estimate of drug-likeness (QED) is 0.365. The monoisotopic (exact) mass is 438 g/mol. The maximum atomic E-state index is 12.3. The molecule has 1 saturated heterocycles. The fraction of sp³-hybridized carbons (Fsp3) is 0.882. The highest BCUT2D eigenvalue weighted by Gasteiger charge is 2.22. The van der Waals surface area contributed by atoms with Crippen molar-refractivity contribution < 1.29 is 4.79 Å². The minimum atomic E-state index is 0. The number of nitrogens with zero attached hydrogens (tertiary/aromatic N) is 2. The number of piperidine rings is 1. The van der Waals surface area contributed by atoms with Crippen molar-refractivity contribution in [1.82, 2.24) is 15.5 Å². The van der Waals surface area contributed by atoms with E-state index in [0.29, 0.717) is 24.9 Å². The molecule has 6 heteroatoms. The van der Waals surface area contributed by atoms with Gasteiger partial charge in [0.15, 0.2) is 5.96 Å². The second-order valence-electron chi connectivity index (χ2n) is 6.24. The van der Waals surface area contributed by atoms with Gasteiger partial charge in [-0.3, -0.25) is 9.79 Å². The van der Waals surface area contributed by atoms with Crippen molar-refractivity contribution >= 4 is 35.8 Å². The highest BCUT2D eigenvalue weighted by atomic mass is 127. The molecular weight excluding hydrogens is 403 g/mol. The van der Waals surface area contributed by atoms with Crippen molar-refractivity contribution in [3.63, 3.8) is 0 Å². The Morgan fingerprint density at radius 3 is 2.52 bits per heavy atom. The Kier molecular flexibility index (Phi) is 12.5. The molecule has 2 N–H and O–H groups in total.